The van der Waals surface area contributed by atoms with Crippen LogP contribution in [-0.4, -0.2) is 20.1 Å². The first-order valence-corrected chi connectivity index (χ1v) is 31.6. The van der Waals surface area contributed by atoms with Crippen LogP contribution in [-0.2, 0) is 0 Å². The lowest BCUT2D eigenvalue weighted by Crippen LogP contribution is -2.65. The van der Waals surface area contributed by atoms with Gasteiger partial charge >= 0.3 is 0 Å². The average molecular weight is 1140 g/mol. The van der Waals surface area contributed by atoms with Crippen molar-refractivity contribution in [3.63, 3.8) is 0 Å². The Morgan fingerprint density at radius 2 is 0.598 bits per heavy atom. The van der Waals surface area contributed by atoms with Crippen molar-refractivity contribution in [3.05, 3.63) is 279 Å². The topological polar surface area (TPSA) is 25.4 Å². The van der Waals surface area contributed by atoms with E-state index in [4.69, 9.17) is 4.74 Å². The van der Waals surface area contributed by atoms with Gasteiger partial charge in [0.1, 0.15) is 11.5 Å². The van der Waals surface area contributed by atoms with Crippen molar-refractivity contribution >= 4 is 196 Å². The number of thiophene rings is 2. The largest absolute Gasteiger partial charge is 0.458 e. The molecule has 0 radical (unpaired) electrons. The van der Waals surface area contributed by atoms with Crippen molar-refractivity contribution in [1.82, 2.24) is 0 Å². The summed E-state index contributed by atoms with van der Waals surface area (Å²) in [6, 6.07) is 104. The summed E-state index contributed by atoms with van der Waals surface area (Å²) in [5.41, 5.74) is 26.2. The summed E-state index contributed by atoms with van der Waals surface area (Å²) in [5, 5.41) is 2.53. The summed E-state index contributed by atoms with van der Waals surface area (Å²) in [4.78, 5) is 12.6. The van der Waals surface area contributed by atoms with Gasteiger partial charge in [-0.3, -0.25) is 0 Å². The molecule has 0 saturated carbocycles. The van der Waals surface area contributed by atoms with Crippen LogP contribution < -0.4 is 77.0 Å². The average Bonchev–Trinajstić information content (AvgIpc) is 1.80. The molecule has 0 saturated heterocycles. The summed E-state index contributed by atoms with van der Waals surface area (Å²) >= 11 is 3.88. The Balaban J connectivity index is 0.886. The van der Waals surface area contributed by atoms with Crippen LogP contribution in [0, 0.1) is 0 Å². The second-order valence-electron chi connectivity index (χ2n) is 23.4. The molecule has 8 heterocycles. The van der Waals surface area contributed by atoms with Crippen molar-refractivity contribution in [3.8, 4) is 11.5 Å². The first-order valence-electron chi connectivity index (χ1n) is 29.9. The smallest absolute Gasteiger partial charge is 0.264 e. The van der Waals surface area contributed by atoms with Crippen LogP contribution in [0.3, 0.4) is 0 Å². The Hall–Kier alpha value is -10.4. The van der Waals surface area contributed by atoms with Crippen molar-refractivity contribution in [1.29, 1.82) is 0 Å². The van der Waals surface area contributed by atoms with Crippen molar-refractivity contribution in [2.75, 3.05) is 24.5 Å². The van der Waals surface area contributed by atoms with E-state index >= 15 is 0 Å². The van der Waals surface area contributed by atoms with Gasteiger partial charge in [0.15, 0.2) is 0 Å². The van der Waals surface area contributed by atoms with Crippen LogP contribution in [0.5, 0.6) is 11.5 Å². The highest BCUT2D eigenvalue weighted by molar-refractivity contribution is 7.34. The molecule has 402 valence electrons. The standard InChI is InChI=1S/C76H46B3N5OS2/c1-6-23-47(24-7-1)80-58-35-20-37-60-70(58)78(75-73(52-33-16-18-41-68(52)86-75)83(60)50-29-12-4-13-30-50)55-43-54-63(45-64(55)80)82(49-27-10-3-11-28-49)62-39-22-40-66-72(62)77(54)57-44-56-65(46-67(57)85-66)81(48-25-8-2-9-26-48)59-36-21-38-61-71(59)79(56)76-74(53-34-17-19-42-69(53)87-76)84(61)51-31-14-5-15-32-51/h1-46H. The highest BCUT2D eigenvalue weighted by Crippen LogP contribution is 2.52. The molecule has 0 fully saturated rings. The zero-order valence-electron chi connectivity index (χ0n) is 46.8. The van der Waals surface area contributed by atoms with Crippen molar-refractivity contribution in [2.45, 2.75) is 0 Å². The van der Waals surface area contributed by atoms with Gasteiger partial charge < -0.3 is 29.2 Å². The minimum atomic E-state index is -0.202. The molecule has 0 spiro atoms. The van der Waals surface area contributed by atoms with Gasteiger partial charge in [0.05, 0.1) is 11.4 Å². The summed E-state index contributed by atoms with van der Waals surface area (Å²) in [6.45, 7) is -0.362. The van der Waals surface area contributed by atoms with Gasteiger partial charge in [0, 0.05) is 110 Å². The number of nitrogens with zero attached hydrogens (tertiary/aromatic N) is 5. The van der Waals surface area contributed by atoms with Crippen LogP contribution >= 0.6 is 22.7 Å². The second kappa shape index (κ2) is 18.0. The molecular weight excluding hydrogens is 1100 g/mol. The summed E-state index contributed by atoms with van der Waals surface area (Å²) in [7, 11) is 0. The van der Waals surface area contributed by atoms with Crippen LogP contribution in [0.2, 0.25) is 0 Å². The first kappa shape index (κ1) is 47.9. The van der Waals surface area contributed by atoms with E-state index in [-0.39, 0.29) is 20.1 Å². The molecule has 0 bridgehead atoms. The molecule has 0 unspecified atom stereocenters. The van der Waals surface area contributed by atoms with Gasteiger partial charge in [-0.1, -0.05) is 158 Å². The summed E-state index contributed by atoms with van der Waals surface area (Å²) in [5.74, 6) is 1.75. The van der Waals surface area contributed by atoms with Gasteiger partial charge in [-0.2, -0.15) is 0 Å². The zero-order valence-corrected chi connectivity index (χ0v) is 48.4. The molecule has 0 amide bonds. The van der Waals surface area contributed by atoms with E-state index < -0.39 is 0 Å². The number of hydrogen-bond acceptors (Lipinski definition) is 8. The number of anilines is 15. The Morgan fingerprint density at radius 1 is 0.253 bits per heavy atom. The Kier molecular flexibility index (Phi) is 9.93. The van der Waals surface area contributed by atoms with Gasteiger partial charge in [-0.15, -0.1) is 22.7 Å². The molecule has 6 aliphatic heterocycles. The summed E-state index contributed by atoms with van der Waals surface area (Å²) < 4.78 is 12.8. The van der Waals surface area contributed by atoms with E-state index in [9.17, 15) is 0 Å². The maximum absolute atomic E-state index is 7.52. The van der Waals surface area contributed by atoms with Gasteiger partial charge in [0.2, 0.25) is 0 Å². The molecular formula is C76H46B3N5OS2. The Labute approximate surface area is 512 Å². The fourth-order valence-electron chi connectivity index (χ4n) is 15.7. The zero-order chi connectivity index (χ0) is 56.6. The molecule has 11 heteroatoms. The Morgan fingerprint density at radius 3 is 1.05 bits per heavy atom. The van der Waals surface area contributed by atoms with E-state index in [1.165, 1.54) is 108 Å². The third-order valence-electron chi connectivity index (χ3n) is 19.0. The minimum Gasteiger partial charge on any atom is -0.458 e. The van der Waals surface area contributed by atoms with Gasteiger partial charge in [0.25, 0.3) is 20.1 Å². The predicted octanol–water partition coefficient (Wildman–Crippen LogP) is 14.7. The lowest BCUT2D eigenvalue weighted by Gasteiger charge is -2.46. The number of benzene rings is 12. The normalized spacial score (nSPS) is 14.1. The van der Waals surface area contributed by atoms with E-state index in [1.54, 1.807) is 0 Å². The number of hydrogen-bond donors (Lipinski definition) is 0. The van der Waals surface area contributed by atoms with Gasteiger partial charge in [-0.25, -0.2) is 0 Å². The molecule has 6 aliphatic rings. The highest BCUT2D eigenvalue weighted by atomic mass is 32.1. The van der Waals surface area contributed by atoms with E-state index in [1.807, 2.05) is 22.7 Å². The molecule has 14 aromatic rings. The predicted molar refractivity (Wildman–Crippen MR) is 371 cm³/mol. The highest BCUT2D eigenvalue weighted by Gasteiger charge is 2.51. The van der Waals surface area contributed by atoms with Crippen molar-refractivity contribution < 1.29 is 4.74 Å². The molecule has 0 atom stereocenters. The van der Waals surface area contributed by atoms with Crippen molar-refractivity contribution in [2.24, 2.45) is 0 Å². The van der Waals surface area contributed by atoms with Crippen LogP contribution in [0.4, 0.5) is 85.3 Å². The molecule has 12 aromatic carbocycles. The lowest BCUT2D eigenvalue weighted by molar-refractivity contribution is 0.488. The Bertz CT molecular complexity index is 5220. The quantitative estimate of drug-likeness (QED) is 0.159. The number of rotatable bonds is 5. The van der Waals surface area contributed by atoms with Crippen LogP contribution in [0.1, 0.15) is 0 Å². The number of ether oxygens (including phenoxy) is 1. The second-order valence-corrected chi connectivity index (χ2v) is 25.6. The number of fused-ring (bicyclic) bond motifs is 16. The van der Waals surface area contributed by atoms with Crippen LogP contribution in [0.15, 0.2) is 279 Å². The van der Waals surface area contributed by atoms with E-state index in [0.29, 0.717) is 0 Å². The lowest BCUT2D eigenvalue weighted by atomic mass is 9.30. The third-order valence-corrected chi connectivity index (χ3v) is 21.4. The fraction of sp³-hybridized carbons (Fsp3) is 0. The van der Waals surface area contributed by atoms with E-state index in [0.717, 1.165) is 57.0 Å². The molecule has 20 rings (SSSR count). The minimum absolute atomic E-state index is 0.0796. The molecule has 0 aliphatic carbocycles. The maximum atomic E-state index is 7.52. The van der Waals surface area contributed by atoms with Gasteiger partial charge in [-0.05, 0) is 154 Å². The third kappa shape index (κ3) is 6.56. The monoisotopic (exact) mass is 1140 g/mol. The fourth-order valence-corrected chi connectivity index (χ4v) is 18.3. The molecule has 6 nitrogen and oxygen atoms in total. The SMILES string of the molecule is c1ccc(N2c3cc4c(cc3B3c5cc6c(cc5Oc5cccc2c53)N(c2ccccc2)c2cccc3c2B6c2sc5ccccc5c2N3c2ccccc2)B2c3sc5ccccc5c3N(c3ccccc3)c3cccc(c32)N4c2ccccc2)cc1. The first-order chi connectivity index (χ1) is 43.2. The number of para-hydroxylation sites is 5. The summed E-state index contributed by atoms with van der Waals surface area (Å²) in [6.07, 6.45) is 0. The molecule has 0 N–H and O–H groups in total. The van der Waals surface area contributed by atoms with Crippen LogP contribution in [0.25, 0.3) is 20.2 Å². The maximum Gasteiger partial charge on any atom is 0.264 e. The molecule has 2 aromatic heterocycles. The molecule has 87 heavy (non-hydrogen) atoms. The van der Waals surface area contributed by atoms with E-state index in [2.05, 4.69) is 304 Å².